The van der Waals surface area contributed by atoms with Crippen LogP contribution in [-0.2, 0) is 6.42 Å². The van der Waals surface area contributed by atoms with Crippen molar-refractivity contribution < 1.29 is 4.39 Å². The van der Waals surface area contributed by atoms with E-state index in [9.17, 15) is 4.39 Å². The van der Waals surface area contributed by atoms with E-state index in [0.717, 1.165) is 5.56 Å². The average molecular weight is 216 g/mol. The second-order valence-corrected chi connectivity index (χ2v) is 3.70. The molecule has 3 heteroatoms. The normalized spacial score (nSPS) is 12.4. The molecule has 0 aliphatic rings. The third kappa shape index (κ3) is 2.64. The number of benzene rings is 1. The van der Waals surface area contributed by atoms with Crippen LogP contribution in [0.25, 0.3) is 0 Å². The Kier molecular flexibility index (Phi) is 3.27. The highest BCUT2D eigenvalue weighted by Crippen LogP contribution is 2.13. The van der Waals surface area contributed by atoms with E-state index >= 15 is 0 Å². The Labute approximate surface area is 93.9 Å². The van der Waals surface area contributed by atoms with Crippen molar-refractivity contribution in [2.75, 3.05) is 0 Å². The molecule has 0 aliphatic heterocycles. The second-order valence-electron chi connectivity index (χ2n) is 3.70. The molecule has 0 saturated heterocycles. The lowest BCUT2D eigenvalue weighted by Gasteiger charge is -2.10. The van der Waals surface area contributed by atoms with Gasteiger partial charge in [0.15, 0.2) is 0 Å². The highest BCUT2D eigenvalue weighted by Gasteiger charge is 2.08. The first-order valence-corrected chi connectivity index (χ1v) is 5.16. The molecule has 1 aromatic carbocycles. The summed E-state index contributed by atoms with van der Waals surface area (Å²) in [5.41, 5.74) is 7.86. The van der Waals surface area contributed by atoms with E-state index in [0.29, 0.717) is 12.1 Å². The summed E-state index contributed by atoms with van der Waals surface area (Å²) in [6.45, 7) is 0. The molecule has 0 fully saturated rings. The molecule has 1 heterocycles. The molecule has 0 aliphatic carbocycles. The molecule has 16 heavy (non-hydrogen) atoms. The van der Waals surface area contributed by atoms with Gasteiger partial charge >= 0.3 is 0 Å². The molecule has 1 unspecified atom stereocenters. The molecule has 2 nitrogen and oxygen atoms in total. The minimum atomic E-state index is -0.337. The Morgan fingerprint density at radius 1 is 1.12 bits per heavy atom. The molecule has 82 valence electrons. The maximum absolute atomic E-state index is 12.7. The van der Waals surface area contributed by atoms with E-state index < -0.39 is 0 Å². The van der Waals surface area contributed by atoms with Crippen LogP contribution in [0.5, 0.6) is 0 Å². The van der Waals surface area contributed by atoms with Crippen molar-refractivity contribution in [3.8, 4) is 0 Å². The lowest BCUT2D eigenvalue weighted by atomic mass is 10.0. The summed E-state index contributed by atoms with van der Waals surface area (Å²) in [6.07, 6.45) is 1.90. The number of pyridine rings is 1. The molecule has 2 aromatic rings. The van der Waals surface area contributed by atoms with Crippen molar-refractivity contribution in [2.45, 2.75) is 12.5 Å². The second kappa shape index (κ2) is 4.86. The van der Waals surface area contributed by atoms with Crippen molar-refractivity contribution in [3.05, 3.63) is 65.7 Å². The number of hydrogen-bond donors (Lipinski definition) is 1. The Morgan fingerprint density at radius 2 is 1.88 bits per heavy atom. The highest BCUT2D eigenvalue weighted by molar-refractivity contribution is 5.19. The minimum absolute atomic E-state index is 0.192. The van der Waals surface area contributed by atoms with Gasteiger partial charge in [-0.25, -0.2) is 4.39 Å². The fourth-order valence-electron chi connectivity index (χ4n) is 1.58. The van der Waals surface area contributed by atoms with E-state index in [1.165, 1.54) is 12.3 Å². The van der Waals surface area contributed by atoms with Gasteiger partial charge in [0.05, 0.1) is 17.9 Å². The lowest BCUT2D eigenvalue weighted by Crippen LogP contribution is -2.14. The number of rotatable bonds is 3. The summed E-state index contributed by atoms with van der Waals surface area (Å²) in [5, 5.41) is 0. The molecule has 2 N–H and O–H groups in total. The van der Waals surface area contributed by atoms with Crippen molar-refractivity contribution in [1.82, 2.24) is 4.98 Å². The zero-order chi connectivity index (χ0) is 11.4. The van der Waals surface area contributed by atoms with Crippen LogP contribution in [0.4, 0.5) is 4.39 Å². The van der Waals surface area contributed by atoms with E-state index in [1.54, 1.807) is 6.07 Å². The van der Waals surface area contributed by atoms with Crippen LogP contribution in [0.15, 0.2) is 48.7 Å². The first kappa shape index (κ1) is 10.8. The molecule has 0 spiro atoms. The average Bonchev–Trinajstić information content (AvgIpc) is 2.31. The van der Waals surface area contributed by atoms with Crippen LogP contribution in [0.3, 0.4) is 0 Å². The first-order chi connectivity index (χ1) is 7.75. The van der Waals surface area contributed by atoms with E-state index in [-0.39, 0.29) is 11.9 Å². The van der Waals surface area contributed by atoms with Gasteiger partial charge in [0, 0.05) is 0 Å². The topological polar surface area (TPSA) is 38.9 Å². The summed E-state index contributed by atoms with van der Waals surface area (Å²) >= 11 is 0. The number of halogens is 1. The van der Waals surface area contributed by atoms with Gasteiger partial charge in [0.25, 0.3) is 0 Å². The summed E-state index contributed by atoms with van der Waals surface area (Å²) in [5.74, 6) is -0.337. The third-order valence-electron chi connectivity index (χ3n) is 2.43. The van der Waals surface area contributed by atoms with Gasteiger partial charge in [-0.1, -0.05) is 30.3 Å². The zero-order valence-electron chi connectivity index (χ0n) is 8.81. The van der Waals surface area contributed by atoms with Crippen molar-refractivity contribution in [2.24, 2.45) is 5.73 Å². The van der Waals surface area contributed by atoms with Gasteiger partial charge in [0.1, 0.15) is 5.82 Å². The first-order valence-electron chi connectivity index (χ1n) is 5.16. The highest BCUT2D eigenvalue weighted by atomic mass is 19.1. The summed E-state index contributed by atoms with van der Waals surface area (Å²) in [6, 6.07) is 12.8. The van der Waals surface area contributed by atoms with Crippen LogP contribution in [0.2, 0.25) is 0 Å². The van der Waals surface area contributed by atoms with Crippen LogP contribution in [0, 0.1) is 5.82 Å². The zero-order valence-corrected chi connectivity index (χ0v) is 8.81. The predicted molar refractivity (Wildman–Crippen MR) is 61.3 cm³/mol. The van der Waals surface area contributed by atoms with Gasteiger partial charge in [0.2, 0.25) is 0 Å². The Hall–Kier alpha value is -1.74. The smallest absolute Gasteiger partial charge is 0.141 e. The molecule has 0 bridgehead atoms. The van der Waals surface area contributed by atoms with Crippen molar-refractivity contribution >= 4 is 0 Å². The lowest BCUT2D eigenvalue weighted by molar-refractivity contribution is 0.612. The van der Waals surface area contributed by atoms with E-state index in [4.69, 9.17) is 5.73 Å². The molecular weight excluding hydrogens is 203 g/mol. The van der Waals surface area contributed by atoms with E-state index in [1.807, 2.05) is 30.3 Å². The molecule has 0 amide bonds. The van der Waals surface area contributed by atoms with Gasteiger partial charge in [-0.2, -0.15) is 0 Å². The Balaban J connectivity index is 2.09. The number of hydrogen-bond acceptors (Lipinski definition) is 2. The summed E-state index contributed by atoms with van der Waals surface area (Å²) in [4.78, 5) is 3.97. The molecule has 2 rings (SSSR count). The van der Waals surface area contributed by atoms with Crippen LogP contribution < -0.4 is 5.73 Å². The van der Waals surface area contributed by atoms with Crippen LogP contribution in [-0.4, -0.2) is 4.98 Å². The fraction of sp³-hybridized carbons (Fsp3) is 0.154. The molecule has 1 atom stereocenters. The van der Waals surface area contributed by atoms with Crippen LogP contribution in [0.1, 0.15) is 17.3 Å². The maximum atomic E-state index is 12.7. The SMILES string of the molecule is NC(Cc1ccccc1)c1ccc(F)cn1. The van der Waals surface area contributed by atoms with Gasteiger partial charge < -0.3 is 5.73 Å². The van der Waals surface area contributed by atoms with Crippen molar-refractivity contribution in [3.63, 3.8) is 0 Å². The quantitative estimate of drug-likeness (QED) is 0.856. The third-order valence-corrected chi connectivity index (χ3v) is 2.43. The minimum Gasteiger partial charge on any atom is -0.322 e. The van der Waals surface area contributed by atoms with Gasteiger partial charge in [-0.3, -0.25) is 4.98 Å². The van der Waals surface area contributed by atoms with Gasteiger partial charge in [-0.15, -0.1) is 0 Å². The summed E-state index contributed by atoms with van der Waals surface area (Å²) < 4.78 is 12.7. The van der Waals surface area contributed by atoms with E-state index in [2.05, 4.69) is 4.98 Å². The number of nitrogens with two attached hydrogens (primary N) is 1. The maximum Gasteiger partial charge on any atom is 0.141 e. The molecular formula is C13H13FN2. The summed E-state index contributed by atoms with van der Waals surface area (Å²) in [7, 11) is 0. The Bertz CT molecular complexity index is 439. The monoisotopic (exact) mass is 216 g/mol. The fourth-order valence-corrected chi connectivity index (χ4v) is 1.58. The molecule has 0 saturated carbocycles. The standard InChI is InChI=1S/C13H13FN2/c14-11-6-7-13(16-9-11)12(15)8-10-4-2-1-3-5-10/h1-7,9,12H,8,15H2. The molecule has 1 aromatic heterocycles. The van der Waals surface area contributed by atoms with Crippen molar-refractivity contribution in [1.29, 1.82) is 0 Å². The number of aromatic nitrogens is 1. The molecule has 0 radical (unpaired) electrons. The van der Waals surface area contributed by atoms with Crippen LogP contribution >= 0.6 is 0 Å². The van der Waals surface area contributed by atoms with Gasteiger partial charge in [-0.05, 0) is 24.1 Å². The largest absolute Gasteiger partial charge is 0.322 e. The Morgan fingerprint density at radius 3 is 2.50 bits per heavy atom. The number of nitrogens with zero attached hydrogens (tertiary/aromatic N) is 1. The predicted octanol–water partition coefficient (Wildman–Crippen LogP) is 2.46.